The lowest BCUT2D eigenvalue weighted by atomic mass is 10.2. The molecule has 9 heteroatoms. The molecule has 25 heavy (non-hydrogen) atoms. The number of rotatable bonds is 5. The minimum atomic E-state index is -0.674. The van der Waals surface area contributed by atoms with Crippen molar-refractivity contribution in [2.45, 2.75) is 0 Å². The maximum atomic E-state index is 12.1. The van der Waals surface area contributed by atoms with E-state index < -0.39 is 10.8 Å². The number of benzene rings is 2. The lowest BCUT2D eigenvalue weighted by Gasteiger charge is -2.07. The summed E-state index contributed by atoms with van der Waals surface area (Å²) in [5.74, 6) is -0.674. The molecule has 7 nitrogen and oxygen atoms in total. The van der Waals surface area contributed by atoms with Gasteiger partial charge in [-0.3, -0.25) is 14.9 Å². The Bertz CT molecular complexity index is 906. The van der Waals surface area contributed by atoms with Gasteiger partial charge < -0.3 is 10.6 Å². The number of nitrogens with zero attached hydrogens (tertiary/aromatic N) is 2. The molecule has 0 aliphatic carbocycles. The molecule has 2 aromatic carbocycles. The van der Waals surface area contributed by atoms with Crippen LogP contribution in [0.1, 0.15) is 0 Å². The van der Waals surface area contributed by atoms with E-state index >= 15 is 0 Å². The first-order valence-corrected chi connectivity index (χ1v) is 7.54. The van der Waals surface area contributed by atoms with Gasteiger partial charge in [-0.2, -0.15) is 5.26 Å². The van der Waals surface area contributed by atoms with Crippen molar-refractivity contribution >= 4 is 46.2 Å². The van der Waals surface area contributed by atoms with Gasteiger partial charge >= 0.3 is 0 Å². The molecule has 0 aliphatic heterocycles. The van der Waals surface area contributed by atoms with E-state index in [1.54, 1.807) is 30.3 Å². The predicted octanol–water partition coefficient (Wildman–Crippen LogP) is 4.36. The second-order valence-corrected chi connectivity index (χ2v) is 5.49. The Morgan fingerprint density at radius 1 is 1.20 bits per heavy atom. The summed E-state index contributed by atoms with van der Waals surface area (Å²) < 4.78 is 0. The highest BCUT2D eigenvalue weighted by molar-refractivity contribution is 6.34. The molecule has 1 amide bonds. The molecule has 0 heterocycles. The van der Waals surface area contributed by atoms with E-state index in [1.165, 1.54) is 18.2 Å². The van der Waals surface area contributed by atoms with Crippen LogP contribution in [0, 0.1) is 21.4 Å². The topological polar surface area (TPSA) is 108 Å². The number of nitriles is 1. The number of amides is 1. The van der Waals surface area contributed by atoms with Gasteiger partial charge in [-0.15, -0.1) is 0 Å². The van der Waals surface area contributed by atoms with Crippen molar-refractivity contribution in [2.75, 3.05) is 10.6 Å². The molecule has 126 valence electrons. The minimum absolute atomic E-state index is 0.0171. The van der Waals surface area contributed by atoms with E-state index in [4.69, 9.17) is 28.5 Å². The fraction of sp³-hybridized carbons (Fsp3) is 0. The van der Waals surface area contributed by atoms with Crippen molar-refractivity contribution in [3.05, 3.63) is 74.4 Å². The average Bonchev–Trinajstić information content (AvgIpc) is 2.58. The summed E-state index contributed by atoms with van der Waals surface area (Å²) in [5.41, 5.74) is 0.128. The van der Waals surface area contributed by atoms with Crippen LogP contribution in [0.4, 0.5) is 17.1 Å². The standard InChI is InChI=1S/C16H10Cl2N4O3/c17-12-3-1-2-4-14(12)21-16(23)10(8-19)9-20-11-5-6-13(18)15(7-11)22(24)25/h1-7,9,20H,(H,21,23)/b10-9-. The molecule has 0 spiro atoms. The number of carbonyl (C=O) groups excluding carboxylic acids is 1. The molecule has 0 atom stereocenters. The maximum Gasteiger partial charge on any atom is 0.289 e. The Kier molecular flexibility index (Phi) is 5.95. The van der Waals surface area contributed by atoms with E-state index in [2.05, 4.69) is 10.6 Å². The molecule has 0 bridgehead atoms. The van der Waals surface area contributed by atoms with Gasteiger partial charge in [0.2, 0.25) is 0 Å². The number of nitro groups is 1. The minimum Gasteiger partial charge on any atom is -0.360 e. The third-order valence-electron chi connectivity index (χ3n) is 3.01. The van der Waals surface area contributed by atoms with E-state index in [0.717, 1.165) is 6.20 Å². The molecule has 0 unspecified atom stereocenters. The Hall–Kier alpha value is -3.08. The molecule has 2 rings (SSSR count). The van der Waals surface area contributed by atoms with Crippen LogP contribution >= 0.6 is 23.2 Å². The van der Waals surface area contributed by atoms with E-state index in [1.807, 2.05) is 0 Å². The van der Waals surface area contributed by atoms with Crippen molar-refractivity contribution in [3.8, 4) is 6.07 Å². The fourth-order valence-corrected chi connectivity index (χ4v) is 2.17. The average molecular weight is 377 g/mol. The molecule has 2 aromatic rings. The number of nitrogens with one attached hydrogen (secondary N) is 2. The Morgan fingerprint density at radius 3 is 2.56 bits per heavy atom. The van der Waals surface area contributed by atoms with Crippen LogP contribution < -0.4 is 10.6 Å². The monoisotopic (exact) mass is 376 g/mol. The van der Waals surface area contributed by atoms with Gasteiger partial charge in [-0.25, -0.2) is 0 Å². The van der Waals surface area contributed by atoms with E-state index in [9.17, 15) is 14.9 Å². The number of carbonyl (C=O) groups is 1. The molecule has 0 radical (unpaired) electrons. The second-order valence-electron chi connectivity index (χ2n) is 4.67. The lowest BCUT2D eigenvalue weighted by Crippen LogP contribution is -2.14. The normalized spacial score (nSPS) is 10.7. The van der Waals surface area contributed by atoms with Gasteiger partial charge in [0.15, 0.2) is 0 Å². The molecule has 0 aromatic heterocycles. The fourth-order valence-electron chi connectivity index (χ4n) is 1.80. The molecular weight excluding hydrogens is 367 g/mol. The van der Waals surface area contributed by atoms with Crippen molar-refractivity contribution in [1.29, 1.82) is 5.26 Å². The first-order chi connectivity index (χ1) is 11.9. The molecule has 0 saturated heterocycles. The van der Waals surface area contributed by atoms with Crippen LogP contribution in [0.2, 0.25) is 10.0 Å². The molecule has 0 aliphatic rings. The Morgan fingerprint density at radius 2 is 1.92 bits per heavy atom. The summed E-state index contributed by atoms with van der Waals surface area (Å²) in [6, 6.07) is 12.3. The van der Waals surface area contributed by atoms with Gasteiger partial charge in [0, 0.05) is 18.0 Å². The van der Waals surface area contributed by atoms with Crippen molar-refractivity contribution < 1.29 is 9.72 Å². The quantitative estimate of drug-likeness (QED) is 0.348. The first kappa shape index (κ1) is 18.3. The van der Waals surface area contributed by atoms with Gasteiger partial charge in [0.25, 0.3) is 11.6 Å². The molecular formula is C16H10Cl2N4O3. The zero-order chi connectivity index (χ0) is 18.4. The Balaban J connectivity index is 2.17. The summed E-state index contributed by atoms with van der Waals surface area (Å²) in [6.07, 6.45) is 1.14. The zero-order valence-electron chi connectivity index (χ0n) is 12.5. The number of para-hydroxylation sites is 1. The number of hydrogen-bond acceptors (Lipinski definition) is 5. The Labute approximate surface area is 152 Å². The van der Waals surface area contributed by atoms with Crippen LogP contribution in [-0.2, 0) is 4.79 Å². The van der Waals surface area contributed by atoms with Crippen LogP contribution in [0.5, 0.6) is 0 Å². The van der Waals surface area contributed by atoms with Gasteiger partial charge in [-0.1, -0.05) is 35.3 Å². The predicted molar refractivity (Wildman–Crippen MR) is 95.5 cm³/mol. The second kappa shape index (κ2) is 8.15. The van der Waals surface area contributed by atoms with Crippen molar-refractivity contribution in [2.24, 2.45) is 0 Å². The van der Waals surface area contributed by atoms with Crippen LogP contribution in [0.15, 0.2) is 54.2 Å². The number of halogens is 2. The highest BCUT2D eigenvalue weighted by atomic mass is 35.5. The van der Waals surface area contributed by atoms with Crippen molar-refractivity contribution in [1.82, 2.24) is 0 Å². The van der Waals surface area contributed by atoms with Crippen LogP contribution in [-0.4, -0.2) is 10.8 Å². The first-order valence-electron chi connectivity index (χ1n) is 6.79. The van der Waals surface area contributed by atoms with Gasteiger partial charge in [0.1, 0.15) is 16.7 Å². The SMILES string of the molecule is N#C/C(=C/Nc1ccc(Cl)c([N+](=O)[O-])c1)C(=O)Nc1ccccc1Cl. The van der Waals surface area contributed by atoms with Crippen molar-refractivity contribution in [3.63, 3.8) is 0 Å². The van der Waals surface area contributed by atoms with Crippen LogP contribution in [0.25, 0.3) is 0 Å². The largest absolute Gasteiger partial charge is 0.360 e. The smallest absolute Gasteiger partial charge is 0.289 e. The zero-order valence-corrected chi connectivity index (χ0v) is 14.0. The van der Waals surface area contributed by atoms with Gasteiger partial charge in [0.05, 0.1) is 15.6 Å². The number of nitro benzene ring substituents is 1. The molecule has 2 N–H and O–H groups in total. The summed E-state index contributed by atoms with van der Waals surface area (Å²) in [6.45, 7) is 0. The third kappa shape index (κ3) is 4.70. The molecule has 0 fully saturated rings. The summed E-state index contributed by atoms with van der Waals surface area (Å²) in [4.78, 5) is 22.3. The summed E-state index contributed by atoms with van der Waals surface area (Å²) >= 11 is 11.7. The molecule has 0 saturated carbocycles. The summed E-state index contributed by atoms with van der Waals surface area (Å²) in [7, 11) is 0. The van der Waals surface area contributed by atoms with Gasteiger partial charge in [-0.05, 0) is 24.3 Å². The van der Waals surface area contributed by atoms with E-state index in [-0.39, 0.29) is 16.3 Å². The number of anilines is 2. The summed E-state index contributed by atoms with van der Waals surface area (Å²) in [5, 5.41) is 25.5. The van der Waals surface area contributed by atoms with Crippen LogP contribution in [0.3, 0.4) is 0 Å². The maximum absolute atomic E-state index is 12.1. The van der Waals surface area contributed by atoms with E-state index in [0.29, 0.717) is 16.4 Å². The highest BCUT2D eigenvalue weighted by Gasteiger charge is 2.14. The highest BCUT2D eigenvalue weighted by Crippen LogP contribution is 2.27. The lowest BCUT2D eigenvalue weighted by molar-refractivity contribution is -0.384. The third-order valence-corrected chi connectivity index (χ3v) is 3.66. The number of hydrogen-bond donors (Lipinski definition) is 2.